The second-order valence-corrected chi connectivity index (χ2v) is 5.00. The fourth-order valence-electron chi connectivity index (χ4n) is 0.840. The molecule has 4 nitrogen and oxygen atoms in total. The molecule has 1 aliphatic carbocycles. The molecular weight excluding hydrogens is 215 g/mol. The zero-order chi connectivity index (χ0) is 10.8. The highest BCUT2D eigenvalue weighted by Crippen LogP contribution is 2.27. The van der Waals surface area contributed by atoms with Crippen LogP contribution in [0.1, 0.15) is 12.8 Å². The summed E-state index contributed by atoms with van der Waals surface area (Å²) in [5.74, 6) is -0.975. The summed E-state index contributed by atoms with van der Waals surface area (Å²) in [6, 6.07) is 0. The van der Waals surface area contributed by atoms with E-state index in [2.05, 4.69) is 0 Å². The van der Waals surface area contributed by atoms with Gasteiger partial charge in [0.25, 0.3) is 0 Å². The summed E-state index contributed by atoms with van der Waals surface area (Å²) < 4.78 is 47.2. The van der Waals surface area contributed by atoms with Crippen molar-refractivity contribution in [2.24, 2.45) is 0 Å². The van der Waals surface area contributed by atoms with E-state index in [1.54, 1.807) is 4.72 Å². The molecule has 0 aromatic carbocycles. The molecule has 0 saturated heterocycles. The van der Waals surface area contributed by atoms with Gasteiger partial charge in [-0.3, -0.25) is 9.52 Å². The predicted octanol–water partition coefficient (Wildman–Crippen LogP) is 0.576. The summed E-state index contributed by atoms with van der Waals surface area (Å²) in [4.78, 5) is 10.8. The molecule has 1 aliphatic rings. The Bertz CT molecular complexity index is 315. The van der Waals surface area contributed by atoms with Gasteiger partial charge >= 0.3 is 0 Å². The summed E-state index contributed by atoms with van der Waals surface area (Å²) in [6.07, 6.45) is -2.31. The lowest BCUT2D eigenvalue weighted by Crippen LogP contribution is -2.35. The van der Waals surface area contributed by atoms with Crippen LogP contribution in [0.3, 0.4) is 0 Å². The summed E-state index contributed by atoms with van der Waals surface area (Å²) in [7, 11) is -2.97. The Balaban J connectivity index is 2.33. The van der Waals surface area contributed by atoms with Crippen molar-refractivity contribution in [2.75, 3.05) is 0 Å². The molecule has 0 spiro atoms. The number of amides is 1. The molecule has 0 unspecified atom stereocenters. The van der Waals surface area contributed by atoms with Gasteiger partial charge in [0.1, 0.15) is 0 Å². The molecule has 1 rings (SSSR count). The third kappa shape index (κ3) is 3.61. The highest BCUT2D eigenvalue weighted by molar-refractivity contribution is 7.91. The van der Waals surface area contributed by atoms with E-state index in [0.717, 1.165) is 0 Å². The van der Waals surface area contributed by atoms with Crippen LogP contribution in [0, 0.1) is 0 Å². The number of carbonyl (C=O) groups is 1. The van der Waals surface area contributed by atoms with Crippen molar-refractivity contribution < 1.29 is 22.0 Å². The number of nitrogens with one attached hydrogen (secondary N) is 1. The van der Waals surface area contributed by atoms with Crippen molar-refractivity contribution in [3.8, 4) is 0 Å². The number of rotatable bonds is 5. The van der Waals surface area contributed by atoms with Crippen LogP contribution in [0.2, 0.25) is 6.32 Å². The van der Waals surface area contributed by atoms with Crippen LogP contribution < -0.4 is 4.72 Å². The van der Waals surface area contributed by atoms with E-state index >= 15 is 0 Å². The molecule has 1 radical (unpaired) electrons. The first kappa shape index (κ1) is 11.4. The predicted molar refractivity (Wildman–Crippen MR) is 47.0 cm³/mol. The van der Waals surface area contributed by atoms with E-state index in [-0.39, 0.29) is 0 Å². The molecule has 79 valence electrons. The maximum Gasteiger partial charge on any atom is 0.239 e. The monoisotopic (exact) mass is 224 g/mol. The van der Waals surface area contributed by atoms with Crippen molar-refractivity contribution in [2.45, 2.75) is 30.8 Å². The average molecular weight is 224 g/mol. The Morgan fingerprint density at radius 1 is 1.50 bits per heavy atom. The van der Waals surface area contributed by atoms with E-state index in [9.17, 15) is 22.0 Å². The lowest BCUT2D eigenvalue weighted by Gasteiger charge is -2.04. The zero-order valence-corrected chi connectivity index (χ0v) is 8.06. The van der Waals surface area contributed by atoms with Gasteiger partial charge in [0.15, 0.2) is 5.81 Å². The van der Waals surface area contributed by atoms with Gasteiger partial charge in [0.2, 0.25) is 23.7 Å². The summed E-state index contributed by atoms with van der Waals surface area (Å²) >= 11 is 0. The van der Waals surface area contributed by atoms with Gasteiger partial charge in [-0.25, -0.2) is 17.2 Å². The van der Waals surface area contributed by atoms with Crippen LogP contribution in [-0.2, 0) is 10.0 Å². The van der Waals surface area contributed by atoms with E-state index in [1.165, 1.54) is 0 Å². The van der Waals surface area contributed by atoms with Gasteiger partial charge in [0, 0.05) is 0 Å². The van der Waals surface area contributed by atoms with Gasteiger partial charge in [0.05, 0.1) is 5.25 Å². The van der Waals surface area contributed by atoms with Gasteiger partial charge in [-0.1, -0.05) is 0 Å². The first-order valence-electron chi connectivity index (χ1n) is 4.09. The minimum Gasteiger partial charge on any atom is -0.287 e. The maximum absolute atomic E-state index is 11.6. The van der Waals surface area contributed by atoms with Gasteiger partial charge in [-0.2, -0.15) is 0 Å². The third-order valence-corrected chi connectivity index (χ3v) is 3.52. The smallest absolute Gasteiger partial charge is 0.239 e. The van der Waals surface area contributed by atoms with Crippen molar-refractivity contribution in [1.29, 1.82) is 0 Å². The molecule has 0 atom stereocenters. The number of sulfonamides is 1. The second-order valence-electron chi connectivity index (χ2n) is 3.04. The fraction of sp³-hybridized carbons (Fsp3) is 0.833. The largest absolute Gasteiger partial charge is 0.287 e. The van der Waals surface area contributed by atoms with E-state index in [4.69, 9.17) is 0 Å². The molecule has 1 N–H and O–H groups in total. The first-order chi connectivity index (χ1) is 6.42. The first-order valence-corrected chi connectivity index (χ1v) is 5.63. The topological polar surface area (TPSA) is 63.2 Å². The fourth-order valence-corrected chi connectivity index (χ4v) is 2.13. The molecule has 1 amide bonds. The van der Waals surface area contributed by atoms with Crippen LogP contribution in [0.25, 0.3) is 0 Å². The number of hydrogen-bond donors (Lipinski definition) is 1. The van der Waals surface area contributed by atoms with Gasteiger partial charge in [-0.15, -0.1) is 0 Å². The highest BCUT2D eigenvalue weighted by Gasteiger charge is 2.36. The molecule has 1 saturated carbocycles. The average Bonchev–Trinajstić information content (AvgIpc) is 2.81. The molecule has 14 heavy (non-hydrogen) atoms. The second kappa shape index (κ2) is 4.25. The minimum absolute atomic E-state index is 0.522. The lowest BCUT2D eigenvalue weighted by molar-refractivity contribution is 0.171. The standard InChI is InChI=1S/C6H9BF2NO3S/c8-5(9)3-7-6(11)10-14(12,13)4-1-2-4/h4-5H,1-3H2,(H,10,11). The SMILES string of the molecule is O=C([B]CC(F)F)NS(=O)(=O)C1CC1. The van der Waals surface area contributed by atoms with Crippen LogP contribution in [-0.4, -0.2) is 33.2 Å². The Morgan fingerprint density at radius 3 is 2.50 bits per heavy atom. The summed E-state index contributed by atoms with van der Waals surface area (Å²) in [5, 5.41) is -0.522. The van der Waals surface area contributed by atoms with Gasteiger partial charge < -0.3 is 0 Å². The number of carbonyl (C=O) groups excluding carboxylic acids is 1. The number of hydrogen-bond acceptors (Lipinski definition) is 3. The van der Waals surface area contributed by atoms with Gasteiger partial charge in [-0.05, 0) is 19.2 Å². The van der Waals surface area contributed by atoms with Crippen molar-refractivity contribution in [1.82, 2.24) is 4.72 Å². The molecule has 8 heteroatoms. The van der Waals surface area contributed by atoms with Crippen molar-refractivity contribution in [3.05, 3.63) is 0 Å². The highest BCUT2D eigenvalue weighted by atomic mass is 32.2. The Hall–Kier alpha value is -0.655. The van der Waals surface area contributed by atoms with Crippen molar-refractivity contribution >= 4 is 23.1 Å². The summed E-state index contributed by atoms with van der Waals surface area (Å²) in [5.41, 5.74) is 0. The normalized spacial score (nSPS) is 16.8. The maximum atomic E-state index is 11.6. The van der Waals surface area contributed by atoms with Crippen LogP contribution in [0.5, 0.6) is 0 Å². The van der Waals surface area contributed by atoms with Crippen molar-refractivity contribution in [3.63, 3.8) is 0 Å². The van der Waals surface area contributed by atoms with E-state index in [1.807, 2.05) is 0 Å². The van der Waals surface area contributed by atoms with E-state index < -0.39 is 33.8 Å². The quantitative estimate of drug-likeness (QED) is 0.694. The lowest BCUT2D eigenvalue weighted by atomic mass is 9.74. The molecule has 0 aromatic heterocycles. The molecule has 0 bridgehead atoms. The molecular formula is C6H9BF2NO3S. The van der Waals surface area contributed by atoms with Crippen LogP contribution in [0.15, 0.2) is 0 Å². The Labute approximate surface area is 81.3 Å². The number of alkyl halides is 2. The molecule has 0 aromatic rings. The van der Waals surface area contributed by atoms with Crippen LogP contribution in [0.4, 0.5) is 13.6 Å². The van der Waals surface area contributed by atoms with Crippen LogP contribution >= 0.6 is 0 Å². The molecule has 0 heterocycles. The Morgan fingerprint density at radius 2 is 2.07 bits per heavy atom. The molecule has 1 fully saturated rings. The Kier molecular flexibility index (Phi) is 3.46. The number of halogens is 2. The third-order valence-electron chi connectivity index (χ3n) is 1.69. The van der Waals surface area contributed by atoms with E-state index in [0.29, 0.717) is 20.1 Å². The summed E-state index contributed by atoms with van der Waals surface area (Å²) in [6.45, 7) is 0. The zero-order valence-electron chi connectivity index (χ0n) is 7.24. The minimum atomic E-state index is -3.61. The molecule has 0 aliphatic heterocycles.